The minimum Gasteiger partial charge on any atom is -0.135 e. The molecule has 1 heteroatoms. The lowest BCUT2D eigenvalue weighted by Gasteiger charge is -2.35. The molecule has 1 aromatic heterocycles. The highest BCUT2D eigenvalue weighted by atomic mass is 32.1. The zero-order chi connectivity index (χ0) is 38.4. The molecule has 0 nitrogen and oxygen atoms in total. The zero-order valence-electron chi connectivity index (χ0n) is 33.9. The third kappa shape index (κ3) is 3.81. The van der Waals surface area contributed by atoms with Crippen molar-refractivity contribution in [2.75, 3.05) is 0 Å². The van der Waals surface area contributed by atoms with Gasteiger partial charge >= 0.3 is 0 Å². The predicted molar refractivity (Wildman–Crippen MR) is 240 cm³/mol. The van der Waals surface area contributed by atoms with Gasteiger partial charge in [0.2, 0.25) is 0 Å². The maximum absolute atomic E-state index is 2.56. The molecule has 8 aromatic rings. The van der Waals surface area contributed by atoms with E-state index in [1.54, 1.807) is 0 Å². The van der Waals surface area contributed by atoms with Gasteiger partial charge in [-0.2, -0.15) is 0 Å². The molecule has 7 aromatic carbocycles. The Bertz CT molecular complexity index is 3140. The number of rotatable bonds is 2. The number of hydrogen-bond donors (Lipinski definition) is 0. The molecule has 0 saturated heterocycles. The average molecular weight is 739 g/mol. The molecular weight excluding hydrogens is 693 g/mol. The van der Waals surface area contributed by atoms with Crippen LogP contribution in [0.15, 0.2) is 115 Å². The molecule has 0 spiro atoms. The van der Waals surface area contributed by atoms with Gasteiger partial charge in [-0.3, -0.25) is 0 Å². The van der Waals surface area contributed by atoms with E-state index in [2.05, 4.69) is 178 Å². The van der Waals surface area contributed by atoms with Crippen LogP contribution in [0.2, 0.25) is 0 Å². The maximum Gasteiger partial charge on any atom is 0.0349 e. The highest BCUT2D eigenvalue weighted by molar-refractivity contribution is 7.18. The van der Waals surface area contributed by atoms with Crippen LogP contribution in [0, 0.1) is 6.92 Å². The first-order valence-corrected chi connectivity index (χ1v) is 21.2. The van der Waals surface area contributed by atoms with Crippen molar-refractivity contribution >= 4 is 32.9 Å². The Morgan fingerprint density at radius 1 is 0.375 bits per heavy atom. The quantitative estimate of drug-likeness (QED) is 0.166. The van der Waals surface area contributed by atoms with Crippen molar-refractivity contribution < 1.29 is 0 Å². The summed E-state index contributed by atoms with van der Waals surface area (Å²) < 4.78 is 0. The van der Waals surface area contributed by atoms with Crippen LogP contribution >= 0.6 is 11.3 Å². The van der Waals surface area contributed by atoms with Crippen LogP contribution < -0.4 is 0 Å². The normalized spacial score (nSPS) is 17.6. The number of fused-ring (bicyclic) bond motifs is 8. The van der Waals surface area contributed by atoms with Crippen LogP contribution in [0.4, 0.5) is 0 Å². The summed E-state index contributed by atoms with van der Waals surface area (Å²) in [6.07, 6.45) is 0. The second kappa shape index (κ2) is 10.2. The first-order chi connectivity index (χ1) is 26.7. The number of aryl methyl sites for hydroxylation is 1. The Morgan fingerprint density at radius 3 is 1.75 bits per heavy atom. The monoisotopic (exact) mass is 738 g/mol. The number of thiophene rings is 1. The van der Waals surface area contributed by atoms with Crippen molar-refractivity contribution in [2.24, 2.45) is 0 Å². The lowest BCUT2D eigenvalue weighted by molar-refractivity contribution is 0.639. The molecular formula is C55H46S. The molecule has 0 N–H and O–H groups in total. The van der Waals surface area contributed by atoms with Gasteiger partial charge < -0.3 is 0 Å². The van der Waals surface area contributed by atoms with Crippen molar-refractivity contribution in [3.63, 3.8) is 0 Å². The standard InChI is InChI=1S/C55H46S/c1-29-23-43-51-49-33(29)15-12-16-38(49)53(4,5)44-25-32(26-45(50(44)51)55(43,8)9)47-22-21-46(56-47)31-17-19-35-36-27-42-37(28-41(36)54(6,7)40(35)24-31)48-34-14-11-10-13-30(34)18-20-39(48)52(42,2)3/h10-28H,1-9H3. The highest BCUT2D eigenvalue weighted by Gasteiger charge is 2.46. The Kier molecular flexibility index (Phi) is 5.99. The highest BCUT2D eigenvalue weighted by Crippen LogP contribution is 2.62. The van der Waals surface area contributed by atoms with Gasteiger partial charge in [0.05, 0.1) is 0 Å². The van der Waals surface area contributed by atoms with Gasteiger partial charge in [-0.15, -0.1) is 11.3 Å². The number of hydrogen-bond acceptors (Lipinski definition) is 1. The van der Waals surface area contributed by atoms with Crippen LogP contribution in [0.25, 0.3) is 75.8 Å². The fraction of sp³-hybridized carbons (Fsp3) is 0.236. The molecule has 0 aliphatic heterocycles. The largest absolute Gasteiger partial charge is 0.135 e. The van der Waals surface area contributed by atoms with Crippen molar-refractivity contribution in [1.82, 2.24) is 0 Å². The second-order valence-corrected chi connectivity index (χ2v) is 20.5. The summed E-state index contributed by atoms with van der Waals surface area (Å²) in [4.78, 5) is 2.67. The van der Waals surface area contributed by atoms with E-state index in [9.17, 15) is 0 Å². The van der Waals surface area contributed by atoms with E-state index in [0.717, 1.165) is 0 Å². The SMILES string of the molecule is Cc1cc2c3c4c(cccc14)C(C)(C)c1cc(-c4ccc(-c5ccc6c(c5)C(C)(C)c5cc7c(cc5-6)C(C)(C)c5ccc6ccccc6c5-7)s4)cc(c1-3)C2(C)C. The van der Waals surface area contributed by atoms with Gasteiger partial charge in [0, 0.05) is 31.4 Å². The van der Waals surface area contributed by atoms with Crippen LogP contribution in [0.3, 0.4) is 0 Å². The Balaban J connectivity index is 0.966. The number of benzene rings is 7. The molecule has 12 rings (SSSR count). The Hall–Kier alpha value is -5.24. The third-order valence-corrected chi connectivity index (χ3v) is 16.2. The summed E-state index contributed by atoms with van der Waals surface area (Å²) in [5.74, 6) is 0. The topological polar surface area (TPSA) is 0 Å². The molecule has 0 radical (unpaired) electrons. The summed E-state index contributed by atoms with van der Waals surface area (Å²) in [7, 11) is 0. The lowest BCUT2D eigenvalue weighted by Crippen LogP contribution is -2.24. The minimum atomic E-state index is -0.109. The van der Waals surface area contributed by atoms with Gasteiger partial charge in [0.25, 0.3) is 0 Å². The molecule has 56 heavy (non-hydrogen) atoms. The fourth-order valence-electron chi connectivity index (χ4n) is 11.8. The summed E-state index contributed by atoms with van der Waals surface area (Å²) in [6.45, 7) is 21.8. The van der Waals surface area contributed by atoms with Crippen molar-refractivity contribution in [2.45, 2.75) is 84.0 Å². The fourth-order valence-corrected chi connectivity index (χ4v) is 12.8. The van der Waals surface area contributed by atoms with Crippen LogP contribution in [0.1, 0.15) is 105 Å². The average Bonchev–Trinajstić information content (AvgIpc) is 3.88. The molecule has 4 aliphatic carbocycles. The summed E-state index contributed by atoms with van der Waals surface area (Å²) in [5.41, 5.74) is 24.0. The van der Waals surface area contributed by atoms with Gasteiger partial charge in [0.15, 0.2) is 0 Å². The van der Waals surface area contributed by atoms with Crippen molar-refractivity contribution in [1.29, 1.82) is 0 Å². The van der Waals surface area contributed by atoms with Gasteiger partial charge in [0.1, 0.15) is 0 Å². The smallest absolute Gasteiger partial charge is 0.0349 e. The first-order valence-electron chi connectivity index (χ1n) is 20.4. The molecule has 0 fully saturated rings. The van der Waals surface area contributed by atoms with E-state index >= 15 is 0 Å². The van der Waals surface area contributed by atoms with Gasteiger partial charge in [-0.1, -0.05) is 128 Å². The molecule has 4 aliphatic rings. The molecule has 272 valence electrons. The summed E-state index contributed by atoms with van der Waals surface area (Å²) in [6, 6.07) is 45.2. The molecule has 1 heterocycles. The van der Waals surface area contributed by atoms with Crippen molar-refractivity contribution in [3.8, 4) is 54.3 Å². The Morgan fingerprint density at radius 2 is 0.964 bits per heavy atom. The summed E-state index contributed by atoms with van der Waals surface area (Å²) in [5, 5.41) is 5.56. The maximum atomic E-state index is 2.56. The molecule has 0 unspecified atom stereocenters. The van der Waals surface area contributed by atoms with Crippen molar-refractivity contribution in [3.05, 3.63) is 165 Å². The van der Waals surface area contributed by atoms with E-state index in [-0.39, 0.29) is 21.7 Å². The second-order valence-electron chi connectivity index (χ2n) is 19.4. The molecule has 0 bridgehead atoms. The Labute approximate surface area is 334 Å². The van der Waals surface area contributed by atoms with E-state index in [1.165, 1.54) is 126 Å². The minimum absolute atomic E-state index is 0.0538. The molecule has 0 atom stereocenters. The van der Waals surface area contributed by atoms with Gasteiger partial charge in [-0.25, -0.2) is 0 Å². The first kappa shape index (κ1) is 33.0. The van der Waals surface area contributed by atoms with Crippen LogP contribution in [0.5, 0.6) is 0 Å². The van der Waals surface area contributed by atoms with E-state index in [0.29, 0.717) is 0 Å². The molecule has 0 amide bonds. The predicted octanol–water partition coefficient (Wildman–Crippen LogP) is 15.3. The molecule has 0 saturated carbocycles. The third-order valence-electron chi connectivity index (χ3n) is 15.0. The van der Waals surface area contributed by atoms with Gasteiger partial charge in [-0.05, 0) is 166 Å². The lowest BCUT2D eigenvalue weighted by atomic mass is 9.68. The van der Waals surface area contributed by atoms with Crippen LogP contribution in [-0.4, -0.2) is 0 Å². The summed E-state index contributed by atoms with van der Waals surface area (Å²) >= 11 is 1.94. The van der Waals surface area contributed by atoms with Crippen LogP contribution in [-0.2, 0) is 21.7 Å². The van der Waals surface area contributed by atoms with E-state index in [4.69, 9.17) is 0 Å². The zero-order valence-corrected chi connectivity index (χ0v) is 34.7. The van der Waals surface area contributed by atoms with E-state index < -0.39 is 0 Å². The van der Waals surface area contributed by atoms with E-state index in [1.807, 2.05) is 11.3 Å².